The zero-order valence-corrected chi connectivity index (χ0v) is 25.3. The Morgan fingerprint density at radius 3 is 2.64 bits per heavy atom. The highest BCUT2D eigenvalue weighted by Gasteiger charge is 2.35. The van der Waals surface area contributed by atoms with E-state index in [1.807, 2.05) is 25.1 Å². The van der Waals surface area contributed by atoms with Crippen molar-refractivity contribution in [2.45, 2.75) is 50.4 Å². The number of hydrogen-bond donors (Lipinski definition) is 2. The molecule has 0 saturated carbocycles. The topological polar surface area (TPSA) is 92.2 Å². The van der Waals surface area contributed by atoms with Crippen LogP contribution >= 0.6 is 0 Å². The monoisotopic (exact) mass is 617 g/mol. The van der Waals surface area contributed by atoms with Gasteiger partial charge >= 0.3 is 6.01 Å². The molecule has 0 spiro atoms. The number of aromatic hydroxyl groups is 1. The molecule has 4 aliphatic rings. The number of aromatic nitrogens is 2. The summed E-state index contributed by atoms with van der Waals surface area (Å²) in [6.07, 6.45) is 2.56. The van der Waals surface area contributed by atoms with Crippen molar-refractivity contribution in [1.29, 1.82) is 0 Å². The zero-order chi connectivity index (χ0) is 30.7. The molecular weight excluding hydrogens is 580 g/mol. The summed E-state index contributed by atoms with van der Waals surface area (Å²) in [5, 5.41) is 15.9. The van der Waals surface area contributed by atoms with Gasteiger partial charge < -0.3 is 29.5 Å². The minimum absolute atomic E-state index is 0.0134. The van der Waals surface area contributed by atoms with E-state index in [2.05, 4.69) is 20.1 Å². The van der Waals surface area contributed by atoms with Crippen LogP contribution in [0.25, 0.3) is 32.8 Å². The van der Waals surface area contributed by atoms with Crippen molar-refractivity contribution in [1.82, 2.24) is 20.2 Å². The number of phenolic OH excluding ortho intramolecular Hbond substituents is 1. The van der Waals surface area contributed by atoms with E-state index in [0.717, 1.165) is 38.2 Å². The first-order chi connectivity index (χ1) is 21.9. The van der Waals surface area contributed by atoms with Gasteiger partial charge in [-0.1, -0.05) is 25.1 Å². The third-order valence-electron chi connectivity index (χ3n) is 9.76. The van der Waals surface area contributed by atoms with Gasteiger partial charge in [0.25, 0.3) is 0 Å². The summed E-state index contributed by atoms with van der Waals surface area (Å²) < 4.78 is 50.6. The number of halogens is 2. The van der Waals surface area contributed by atoms with Crippen LogP contribution in [0.1, 0.15) is 25.3 Å². The van der Waals surface area contributed by atoms with E-state index in [-0.39, 0.29) is 53.2 Å². The summed E-state index contributed by atoms with van der Waals surface area (Å²) in [5.74, 6) is -1.14. The molecule has 3 unspecified atom stereocenters. The fourth-order valence-electron chi connectivity index (χ4n) is 7.44. The van der Waals surface area contributed by atoms with Crippen LogP contribution in [0.5, 0.6) is 11.8 Å². The van der Waals surface area contributed by atoms with Crippen LogP contribution in [0.2, 0.25) is 0 Å². The number of fused-ring (bicyclic) bond motifs is 4. The van der Waals surface area contributed by atoms with Gasteiger partial charge in [-0.2, -0.15) is 9.97 Å². The van der Waals surface area contributed by atoms with E-state index in [4.69, 9.17) is 19.2 Å². The molecule has 11 heteroatoms. The Balaban J connectivity index is 1.22. The standard InChI is InChI=1S/C34H37F2N5O4/c1-2-19-4-3-5-20-10-24(42)11-26(29(19)20)30-28(35)12-27-32(31(30)36)38-34(39-33(27)41-13-21-6-7-22(14-41)37-21)45-18-25-15-40(8-9-44-25)23-16-43-17-23/h3-5,10-12,21-23,25,37,42H,2,6-9,13-18H2,1H3. The molecular formula is C34H37F2N5O4. The predicted octanol–water partition coefficient (Wildman–Crippen LogP) is 4.42. The zero-order valence-electron chi connectivity index (χ0n) is 25.3. The Morgan fingerprint density at radius 2 is 1.89 bits per heavy atom. The Hall–Kier alpha value is -3.64. The second kappa shape index (κ2) is 11.6. The Labute approximate surface area is 260 Å². The lowest BCUT2D eigenvalue weighted by Crippen LogP contribution is -2.56. The third-order valence-corrected chi connectivity index (χ3v) is 9.76. The first kappa shape index (κ1) is 28.8. The molecule has 2 N–H and O–H groups in total. The number of ether oxygens (including phenoxy) is 3. The highest BCUT2D eigenvalue weighted by molar-refractivity contribution is 6.03. The summed E-state index contributed by atoms with van der Waals surface area (Å²) in [6, 6.07) is 11.1. The highest BCUT2D eigenvalue weighted by atomic mass is 19.1. The normalized spacial score (nSPS) is 24.0. The van der Waals surface area contributed by atoms with Gasteiger partial charge in [0.1, 0.15) is 35.6 Å². The Bertz CT molecular complexity index is 1760. The number of hydrogen-bond acceptors (Lipinski definition) is 9. The SMILES string of the molecule is CCc1cccc2cc(O)cc(-c3c(F)cc4c(N5CC6CCC(C5)N6)nc(OCC5CN(C6COC6)CCO5)nc4c3F)c12. The molecule has 2 bridgehead atoms. The Morgan fingerprint density at radius 1 is 1.07 bits per heavy atom. The van der Waals surface area contributed by atoms with Crippen molar-refractivity contribution >= 4 is 27.5 Å². The number of piperazine rings is 1. The number of rotatable bonds is 7. The van der Waals surface area contributed by atoms with Gasteiger partial charge in [-0.25, -0.2) is 8.78 Å². The number of aryl methyl sites for hydroxylation is 1. The molecule has 3 aromatic carbocycles. The second-order valence-electron chi connectivity index (χ2n) is 12.7. The van der Waals surface area contributed by atoms with E-state index >= 15 is 8.78 Å². The first-order valence-corrected chi connectivity index (χ1v) is 16.0. The van der Waals surface area contributed by atoms with Gasteiger partial charge in [0.05, 0.1) is 31.4 Å². The van der Waals surface area contributed by atoms with Crippen LogP contribution in [0.4, 0.5) is 14.6 Å². The summed E-state index contributed by atoms with van der Waals surface area (Å²) in [5.41, 5.74) is 0.979. The number of nitrogens with one attached hydrogen (secondary N) is 1. The summed E-state index contributed by atoms with van der Waals surface area (Å²) in [6.45, 7) is 7.13. The first-order valence-electron chi connectivity index (χ1n) is 16.0. The van der Waals surface area contributed by atoms with Crippen molar-refractivity contribution in [3.8, 4) is 22.9 Å². The van der Waals surface area contributed by atoms with Gasteiger partial charge in [-0.05, 0) is 59.4 Å². The van der Waals surface area contributed by atoms with E-state index in [0.29, 0.717) is 60.7 Å². The van der Waals surface area contributed by atoms with Crippen molar-refractivity contribution in [3.05, 3.63) is 53.6 Å². The van der Waals surface area contributed by atoms with Gasteiger partial charge in [0, 0.05) is 43.6 Å². The summed E-state index contributed by atoms with van der Waals surface area (Å²) >= 11 is 0. The molecule has 236 valence electrons. The van der Waals surface area contributed by atoms with Crippen molar-refractivity contribution in [2.24, 2.45) is 0 Å². The van der Waals surface area contributed by atoms with Crippen molar-refractivity contribution in [2.75, 3.05) is 57.5 Å². The lowest BCUT2D eigenvalue weighted by molar-refractivity contribution is -0.120. The number of nitrogens with zero attached hydrogens (tertiary/aromatic N) is 4. The largest absolute Gasteiger partial charge is 0.508 e. The van der Waals surface area contributed by atoms with Gasteiger partial charge in [-0.15, -0.1) is 0 Å². The third kappa shape index (κ3) is 5.25. The van der Waals surface area contributed by atoms with Crippen LogP contribution in [-0.4, -0.2) is 96.8 Å². The van der Waals surface area contributed by atoms with Crippen LogP contribution in [0.3, 0.4) is 0 Å². The molecule has 0 aliphatic carbocycles. The maximum atomic E-state index is 16.8. The minimum Gasteiger partial charge on any atom is -0.508 e. The molecule has 45 heavy (non-hydrogen) atoms. The Kier molecular flexibility index (Phi) is 7.44. The molecule has 4 aromatic rings. The maximum absolute atomic E-state index is 16.8. The average molecular weight is 618 g/mol. The fourth-order valence-corrected chi connectivity index (χ4v) is 7.44. The molecule has 5 heterocycles. The number of anilines is 1. The average Bonchev–Trinajstić information content (AvgIpc) is 3.35. The summed E-state index contributed by atoms with van der Waals surface area (Å²) in [7, 11) is 0. The fraction of sp³-hybridized carbons (Fsp3) is 0.471. The molecule has 4 fully saturated rings. The molecule has 0 amide bonds. The smallest absolute Gasteiger partial charge is 0.319 e. The quantitative estimate of drug-likeness (QED) is 0.313. The highest BCUT2D eigenvalue weighted by Crippen LogP contribution is 2.41. The number of phenols is 1. The van der Waals surface area contributed by atoms with Gasteiger partial charge in [-0.3, -0.25) is 4.90 Å². The molecule has 4 aliphatic heterocycles. The predicted molar refractivity (Wildman–Crippen MR) is 167 cm³/mol. The summed E-state index contributed by atoms with van der Waals surface area (Å²) in [4.78, 5) is 13.8. The molecule has 1 aromatic heterocycles. The van der Waals surface area contributed by atoms with Gasteiger partial charge in [0.2, 0.25) is 0 Å². The van der Waals surface area contributed by atoms with E-state index < -0.39 is 11.6 Å². The van der Waals surface area contributed by atoms with Crippen molar-refractivity contribution in [3.63, 3.8) is 0 Å². The van der Waals surface area contributed by atoms with Crippen molar-refractivity contribution < 1.29 is 28.1 Å². The molecule has 4 saturated heterocycles. The van der Waals surface area contributed by atoms with Crippen LogP contribution < -0.4 is 15.0 Å². The lowest BCUT2D eigenvalue weighted by atomic mass is 9.92. The lowest BCUT2D eigenvalue weighted by Gasteiger charge is -2.41. The number of morpholine rings is 1. The van der Waals surface area contributed by atoms with Crippen LogP contribution in [0.15, 0.2) is 36.4 Å². The molecule has 0 radical (unpaired) electrons. The number of benzene rings is 3. The van der Waals surface area contributed by atoms with Gasteiger partial charge in [0.15, 0.2) is 5.82 Å². The second-order valence-corrected chi connectivity index (χ2v) is 12.7. The van der Waals surface area contributed by atoms with E-state index in [1.54, 1.807) is 6.07 Å². The minimum atomic E-state index is -0.806. The molecule has 8 rings (SSSR count). The molecule has 9 nitrogen and oxygen atoms in total. The van der Waals surface area contributed by atoms with Crippen LogP contribution in [-0.2, 0) is 15.9 Å². The maximum Gasteiger partial charge on any atom is 0.319 e. The van der Waals surface area contributed by atoms with Crippen LogP contribution in [0, 0.1) is 11.6 Å². The molecule has 3 atom stereocenters. The van der Waals surface area contributed by atoms with E-state index in [1.165, 1.54) is 12.1 Å². The van der Waals surface area contributed by atoms with E-state index in [9.17, 15) is 5.11 Å².